The van der Waals surface area contributed by atoms with Crippen LogP contribution in [0.5, 0.6) is 0 Å². The minimum Gasteiger partial charge on any atom is -0.381 e. The van der Waals surface area contributed by atoms with E-state index in [1.165, 1.54) is 57.4 Å². The minimum atomic E-state index is -1.50. The normalized spacial score (nSPS) is 15.8. The number of benzene rings is 1. The topological polar surface area (TPSA) is 85.8 Å². The third-order valence-electron chi connectivity index (χ3n) is 5.65. The lowest BCUT2D eigenvalue weighted by molar-refractivity contribution is -0.00328. The van der Waals surface area contributed by atoms with Crippen molar-refractivity contribution in [2.24, 2.45) is 0 Å². The quantitative estimate of drug-likeness (QED) is 0.531. The third-order valence-corrected chi connectivity index (χ3v) is 6.85. The summed E-state index contributed by atoms with van der Waals surface area (Å²) >= 11 is 1.59. The first kappa shape index (κ1) is 19.1. The van der Waals surface area contributed by atoms with Crippen molar-refractivity contribution in [2.45, 2.75) is 44.4 Å². The number of fused-ring (bicyclic) bond motifs is 3. The molecule has 0 amide bonds. The number of hydrogen-bond acceptors (Lipinski definition) is 6. The van der Waals surface area contributed by atoms with Crippen molar-refractivity contribution in [3.8, 4) is 0 Å². The van der Waals surface area contributed by atoms with E-state index in [9.17, 15) is 14.3 Å². The van der Waals surface area contributed by atoms with Gasteiger partial charge in [-0.25, -0.2) is 19.0 Å². The van der Waals surface area contributed by atoms with Crippen LogP contribution in [0.15, 0.2) is 48.0 Å². The van der Waals surface area contributed by atoms with Gasteiger partial charge in [0.1, 0.15) is 28.9 Å². The summed E-state index contributed by atoms with van der Waals surface area (Å²) in [6.45, 7) is 0.0236. The number of rotatable bonds is 5. The maximum absolute atomic E-state index is 13.5. The molecule has 0 fully saturated rings. The molecule has 0 spiro atoms. The number of aryl methyl sites for hydroxylation is 2. The second kappa shape index (κ2) is 7.41. The molecule has 3 aromatic heterocycles. The van der Waals surface area contributed by atoms with E-state index in [0.29, 0.717) is 10.9 Å². The van der Waals surface area contributed by atoms with E-state index in [4.69, 9.17) is 0 Å². The van der Waals surface area contributed by atoms with E-state index in [1.54, 1.807) is 11.3 Å². The lowest BCUT2D eigenvalue weighted by Gasteiger charge is -2.29. The van der Waals surface area contributed by atoms with Crippen molar-refractivity contribution in [2.75, 3.05) is 0 Å². The van der Waals surface area contributed by atoms with Crippen LogP contribution in [0, 0.1) is 5.82 Å². The third kappa shape index (κ3) is 3.33. The van der Waals surface area contributed by atoms with Gasteiger partial charge in [-0.1, -0.05) is 12.1 Å². The van der Waals surface area contributed by atoms with Crippen LogP contribution in [0.25, 0.3) is 10.2 Å². The van der Waals surface area contributed by atoms with Gasteiger partial charge in [0.25, 0.3) is 5.56 Å². The Kier molecular flexibility index (Phi) is 4.71. The number of aliphatic hydroxyl groups is 1. The fourth-order valence-corrected chi connectivity index (χ4v) is 5.37. The number of thiophene rings is 1. The molecule has 1 aliphatic rings. The molecule has 0 radical (unpaired) electrons. The van der Waals surface area contributed by atoms with Crippen LogP contribution < -0.4 is 5.56 Å². The lowest BCUT2D eigenvalue weighted by Crippen LogP contribution is -2.39. The van der Waals surface area contributed by atoms with Crippen LogP contribution in [0.4, 0.5) is 4.39 Å². The van der Waals surface area contributed by atoms with Crippen LogP contribution in [-0.4, -0.2) is 29.4 Å². The predicted molar refractivity (Wildman–Crippen MR) is 111 cm³/mol. The van der Waals surface area contributed by atoms with Crippen molar-refractivity contribution in [1.82, 2.24) is 24.3 Å². The monoisotopic (exact) mass is 425 g/mol. The molecule has 4 aromatic rings. The molecule has 0 bridgehead atoms. The van der Waals surface area contributed by atoms with Gasteiger partial charge in [0, 0.05) is 4.88 Å². The van der Waals surface area contributed by atoms with Crippen LogP contribution in [0.1, 0.15) is 28.8 Å². The summed E-state index contributed by atoms with van der Waals surface area (Å²) in [5.74, 6) is -0.396. The number of nitrogens with zero attached hydrogens (tertiary/aromatic N) is 5. The largest absolute Gasteiger partial charge is 0.381 e. The molecule has 154 valence electrons. The van der Waals surface area contributed by atoms with Gasteiger partial charge in [-0.2, -0.15) is 5.10 Å². The zero-order valence-corrected chi connectivity index (χ0v) is 17.0. The van der Waals surface area contributed by atoms with Crippen molar-refractivity contribution in [3.05, 3.63) is 75.4 Å². The smallest absolute Gasteiger partial charge is 0.262 e. The van der Waals surface area contributed by atoms with E-state index < -0.39 is 11.4 Å². The summed E-state index contributed by atoms with van der Waals surface area (Å²) < 4.78 is 16.4. The molecular weight excluding hydrogens is 405 g/mol. The van der Waals surface area contributed by atoms with E-state index >= 15 is 0 Å². The summed E-state index contributed by atoms with van der Waals surface area (Å²) in [5, 5.41) is 16.3. The Morgan fingerprint density at radius 3 is 2.70 bits per heavy atom. The first-order chi connectivity index (χ1) is 14.5. The highest BCUT2D eigenvalue weighted by atomic mass is 32.1. The van der Waals surface area contributed by atoms with Crippen LogP contribution >= 0.6 is 11.3 Å². The van der Waals surface area contributed by atoms with E-state index in [0.717, 1.165) is 36.1 Å². The van der Waals surface area contributed by atoms with Crippen LogP contribution in [-0.2, 0) is 31.5 Å². The molecule has 3 heterocycles. The Hall–Kier alpha value is -2.91. The summed E-state index contributed by atoms with van der Waals surface area (Å²) in [6.07, 6.45) is 8.44. The van der Waals surface area contributed by atoms with Gasteiger partial charge in [-0.05, 0) is 48.9 Å². The summed E-state index contributed by atoms with van der Waals surface area (Å²) in [5.41, 5.74) is -0.0663. The van der Waals surface area contributed by atoms with Gasteiger partial charge in [0.05, 0.1) is 24.8 Å². The van der Waals surface area contributed by atoms with Crippen LogP contribution in [0.2, 0.25) is 0 Å². The molecule has 1 N–H and O–H groups in total. The Morgan fingerprint density at radius 1 is 1.13 bits per heavy atom. The van der Waals surface area contributed by atoms with Gasteiger partial charge >= 0.3 is 0 Å². The standard InChI is InChI=1S/C21H20FN5O2S/c22-15-7-5-14(6-8-15)21(29,10-27-12-23-11-25-27)9-26-13-24-19-18(20(26)28)16-3-1-2-4-17(16)30-19/h5-8,11-13,29H,1-4,9-10H2. The van der Waals surface area contributed by atoms with Crippen molar-refractivity contribution in [1.29, 1.82) is 0 Å². The number of halogens is 1. The predicted octanol–water partition coefficient (Wildman–Crippen LogP) is 2.66. The van der Waals surface area contributed by atoms with Crippen molar-refractivity contribution in [3.63, 3.8) is 0 Å². The van der Waals surface area contributed by atoms with Crippen molar-refractivity contribution >= 4 is 21.6 Å². The van der Waals surface area contributed by atoms with Gasteiger partial charge < -0.3 is 5.11 Å². The molecule has 0 aliphatic heterocycles. The highest BCUT2D eigenvalue weighted by Crippen LogP contribution is 2.33. The second-order valence-corrected chi connectivity index (χ2v) is 8.78. The van der Waals surface area contributed by atoms with Gasteiger partial charge in [-0.15, -0.1) is 11.3 Å². The molecule has 7 nitrogen and oxygen atoms in total. The molecule has 0 saturated heterocycles. The summed E-state index contributed by atoms with van der Waals surface area (Å²) in [4.78, 5) is 23.8. The Morgan fingerprint density at radius 2 is 1.93 bits per heavy atom. The maximum Gasteiger partial charge on any atom is 0.262 e. The SMILES string of the molecule is O=c1c2c3c(sc2ncn1CC(O)(Cn1cncn1)c1ccc(F)cc1)CCCC3. The highest BCUT2D eigenvalue weighted by Gasteiger charge is 2.32. The molecule has 1 aromatic carbocycles. The molecule has 1 aliphatic carbocycles. The molecule has 1 atom stereocenters. The van der Waals surface area contributed by atoms with Gasteiger partial charge in [0.2, 0.25) is 0 Å². The average molecular weight is 425 g/mol. The molecule has 5 rings (SSSR count). The summed E-state index contributed by atoms with van der Waals surface area (Å²) in [6, 6.07) is 5.63. The molecule has 30 heavy (non-hydrogen) atoms. The molecule has 9 heteroatoms. The number of hydrogen-bond donors (Lipinski definition) is 1. The van der Waals surface area contributed by atoms with E-state index in [2.05, 4.69) is 15.1 Å². The fraction of sp³-hybridized carbons (Fsp3) is 0.333. The minimum absolute atomic E-state index is 0.0368. The Labute approximate surface area is 175 Å². The lowest BCUT2D eigenvalue weighted by atomic mass is 9.93. The molecule has 1 unspecified atom stereocenters. The fourth-order valence-electron chi connectivity index (χ4n) is 4.15. The van der Waals surface area contributed by atoms with Crippen LogP contribution in [0.3, 0.4) is 0 Å². The maximum atomic E-state index is 13.5. The summed E-state index contributed by atoms with van der Waals surface area (Å²) in [7, 11) is 0. The first-order valence-corrected chi connectivity index (χ1v) is 10.7. The first-order valence-electron chi connectivity index (χ1n) is 9.84. The van der Waals surface area contributed by atoms with E-state index in [-0.39, 0.29) is 18.6 Å². The number of aromatic nitrogens is 5. The second-order valence-electron chi connectivity index (χ2n) is 7.70. The van der Waals surface area contributed by atoms with Gasteiger partial charge in [0.15, 0.2) is 0 Å². The zero-order chi connectivity index (χ0) is 20.7. The average Bonchev–Trinajstić information content (AvgIpc) is 3.38. The molecular formula is C21H20FN5O2S. The Balaban J connectivity index is 1.59. The Bertz CT molecular complexity index is 1250. The van der Waals surface area contributed by atoms with Crippen molar-refractivity contribution < 1.29 is 9.50 Å². The molecule has 0 saturated carbocycles. The van der Waals surface area contributed by atoms with Gasteiger partial charge in [-0.3, -0.25) is 9.36 Å². The van der Waals surface area contributed by atoms with E-state index in [1.807, 2.05) is 0 Å². The zero-order valence-electron chi connectivity index (χ0n) is 16.2. The highest BCUT2D eigenvalue weighted by molar-refractivity contribution is 7.18.